The van der Waals surface area contributed by atoms with Crippen LogP contribution in [-0.4, -0.2) is 27.3 Å². The molecule has 18 heavy (non-hydrogen) atoms. The Morgan fingerprint density at radius 3 is 2.94 bits per heavy atom. The maximum atomic E-state index is 11.6. The van der Waals surface area contributed by atoms with E-state index < -0.39 is 6.23 Å². The van der Waals surface area contributed by atoms with Gasteiger partial charge in [-0.2, -0.15) is 5.10 Å². The minimum Gasteiger partial charge on any atom is -0.370 e. The molecular formula is C12H10ClN3O2. The fourth-order valence-corrected chi connectivity index (χ4v) is 2.19. The van der Waals surface area contributed by atoms with Crippen molar-refractivity contribution in [2.45, 2.75) is 6.23 Å². The highest BCUT2D eigenvalue weighted by molar-refractivity contribution is 6.33. The molecule has 6 heteroatoms. The van der Waals surface area contributed by atoms with Gasteiger partial charge in [-0.1, -0.05) is 29.8 Å². The number of amides is 1. The highest BCUT2D eigenvalue weighted by Gasteiger charge is 2.26. The first-order valence-corrected chi connectivity index (χ1v) is 5.85. The van der Waals surface area contributed by atoms with Gasteiger partial charge < -0.3 is 10.4 Å². The van der Waals surface area contributed by atoms with Gasteiger partial charge in [0.1, 0.15) is 5.69 Å². The van der Waals surface area contributed by atoms with Gasteiger partial charge in [-0.25, -0.2) is 4.68 Å². The second-order valence-electron chi connectivity index (χ2n) is 4.03. The number of aliphatic hydroxyl groups excluding tert-OH is 1. The Balaban J connectivity index is 2.14. The summed E-state index contributed by atoms with van der Waals surface area (Å²) in [6, 6.07) is 8.87. The summed E-state index contributed by atoms with van der Waals surface area (Å²) in [4.78, 5) is 11.6. The average molecular weight is 264 g/mol. The van der Waals surface area contributed by atoms with E-state index in [2.05, 4.69) is 10.4 Å². The van der Waals surface area contributed by atoms with E-state index in [1.165, 1.54) is 4.68 Å². The monoisotopic (exact) mass is 263 g/mol. The molecule has 0 bridgehead atoms. The number of hydrogen-bond acceptors (Lipinski definition) is 3. The molecule has 1 aliphatic rings. The lowest BCUT2D eigenvalue weighted by molar-refractivity contribution is 0.0594. The van der Waals surface area contributed by atoms with Crippen molar-refractivity contribution in [2.75, 3.05) is 6.54 Å². The number of carbonyl (C=O) groups excluding carboxylic acids is 1. The third-order valence-electron chi connectivity index (χ3n) is 2.85. The summed E-state index contributed by atoms with van der Waals surface area (Å²) in [6.45, 7) is 0.162. The Bertz CT molecular complexity index is 624. The van der Waals surface area contributed by atoms with Gasteiger partial charge in [0, 0.05) is 5.56 Å². The Morgan fingerprint density at radius 1 is 1.44 bits per heavy atom. The van der Waals surface area contributed by atoms with E-state index in [9.17, 15) is 9.90 Å². The molecule has 3 rings (SSSR count). The Hall–Kier alpha value is -1.85. The van der Waals surface area contributed by atoms with Crippen molar-refractivity contribution in [3.63, 3.8) is 0 Å². The van der Waals surface area contributed by atoms with Crippen LogP contribution in [0.15, 0.2) is 30.3 Å². The van der Waals surface area contributed by atoms with Crippen LogP contribution in [-0.2, 0) is 0 Å². The zero-order valence-electron chi connectivity index (χ0n) is 9.30. The molecule has 1 amide bonds. The lowest BCUT2D eigenvalue weighted by Crippen LogP contribution is -2.39. The van der Waals surface area contributed by atoms with Gasteiger partial charge in [-0.05, 0) is 12.1 Å². The molecule has 5 nitrogen and oxygen atoms in total. The lowest BCUT2D eigenvalue weighted by atomic mass is 10.1. The maximum Gasteiger partial charge on any atom is 0.269 e. The molecule has 1 aromatic carbocycles. The maximum absolute atomic E-state index is 11.6. The molecule has 2 heterocycles. The summed E-state index contributed by atoms with van der Waals surface area (Å²) in [5, 5.41) is 17.1. The fourth-order valence-electron chi connectivity index (χ4n) is 1.95. The molecule has 1 aliphatic heterocycles. The van der Waals surface area contributed by atoms with Gasteiger partial charge in [0.05, 0.1) is 17.3 Å². The molecule has 2 aromatic rings. The van der Waals surface area contributed by atoms with Gasteiger partial charge in [-0.3, -0.25) is 4.79 Å². The molecule has 0 saturated heterocycles. The van der Waals surface area contributed by atoms with Crippen LogP contribution in [0.3, 0.4) is 0 Å². The van der Waals surface area contributed by atoms with Gasteiger partial charge >= 0.3 is 0 Å². The van der Waals surface area contributed by atoms with E-state index in [1.54, 1.807) is 12.1 Å². The number of nitrogens with one attached hydrogen (secondary N) is 1. The van der Waals surface area contributed by atoms with Crippen LogP contribution in [0.4, 0.5) is 0 Å². The molecule has 0 saturated carbocycles. The van der Waals surface area contributed by atoms with Crippen molar-refractivity contribution in [1.29, 1.82) is 0 Å². The van der Waals surface area contributed by atoms with Gasteiger partial charge in [0.15, 0.2) is 6.23 Å². The molecule has 0 radical (unpaired) electrons. The van der Waals surface area contributed by atoms with Gasteiger partial charge in [0.2, 0.25) is 0 Å². The molecule has 1 aromatic heterocycles. The topological polar surface area (TPSA) is 67.2 Å². The first kappa shape index (κ1) is 11.3. The van der Waals surface area contributed by atoms with E-state index in [-0.39, 0.29) is 12.5 Å². The smallest absolute Gasteiger partial charge is 0.269 e. The normalized spacial score (nSPS) is 18.3. The molecule has 2 N–H and O–H groups in total. The van der Waals surface area contributed by atoms with E-state index >= 15 is 0 Å². The third-order valence-corrected chi connectivity index (χ3v) is 3.18. The van der Waals surface area contributed by atoms with Crippen LogP contribution in [0, 0.1) is 0 Å². The van der Waals surface area contributed by atoms with Crippen LogP contribution in [0.1, 0.15) is 16.7 Å². The third kappa shape index (κ3) is 1.68. The Labute approximate surface area is 108 Å². The first-order valence-electron chi connectivity index (χ1n) is 5.47. The van der Waals surface area contributed by atoms with E-state index in [0.29, 0.717) is 16.4 Å². The second-order valence-corrected chi connectivity index (χ2v) is 4.44. The summed E-state index contributed by atoms with van der Waals surface area (Å²) < 4.78 is 1.32. The number of fused-ring (bicyclic) bond motifs is 1. The molecular weight excluding hydrogens is 254 g/mol. The minimum atomic E-state index is -0.839. The molecule has 0 spiro atoms. The number of aromatic nitrogens is 2. The van der Waals surface area contributed by atoms with Gasteiger partial charge in [0.25, 0.3) is 5.91 Å². The van der Waals surface area contributed by atoms with Crippen molar-refractivity contribution in [2.24, 2.45) is 0 Å². The number of halogens is 1. The molecule has 1 atom stereocenters. The van der Waals surface area contributed by atoms with E-state index in [1.807, 2.05) is 18.2 Å². The lowest BCUT2D eigenvalue weighted by Gasteiger charge is -2.19. The van der Waals surface area contributed by atoms with Crippen LogP contribution >= 0.6 is 11.6 Å². The molecule has 0 fully saturated rings. The average Bonchev–Trinajstić information content (AvgIpc) is 2.80. The summed E-state index contributed by atoms with van der Waals surface area (Å²) in [5.41, 5.74) is 1.65. The summed E-state index contributed by atoms with van der Waals surface area (Å²) in [7, 11) is 0. The van der Waals surface area contributed by atoms with Crippen LogP contribution < -0.4 is 5.32 Å². The van der Waals surface area contributed by atoms with E-state index in [4.69, 9.17) is 11.6 Å². The van der Waals surface area contributed by atoms with Gasteiger partial charge in [-0.15, -0.1) is 0 Å². The zero-order chi connectivity index (χ0) is 12.7. The molecule has 92 valence electrons. The van der Waals surface area contributed by atoms with Crippen molar-refractivity contribution in [1.82, 2.24) is 15.1 Å². The number of rotatable bonds is 1. The van der Waals surface area contributed by atoms with Crippen LogP contribution in [0.25, 0.3) is 11.3 Å². The standard InChI is InChI=1S/C12H10ClN3O2/c13-8-4-2-1-3-7(8)9-5-10-12(18)14-6-11(17)16(10)15-9/h1-5,11,17H,6H2,(H,14,18). The highest BCUT2D eigenvalue weighted by atomic mass is 35.5. The number of aliphatic hydroxyl groups is 1. The zero-order valence-corrected chi connectivity index (χ0v) is 10.1. The van der Waals surface area contributed by atoms with Crippen molar-refractivity contribution < 1.29 is 9.90 Å². The van der Waals surface area contributed by atoms with Crippen molar-refractivity contribution >= 4 is 17.5 Å². The predicted molar refractivity (Wildman–Crippen MR) is 66.3 cm³/mol. The summed E-state index contributed by atoms with van der Waals surface area (Å²) in [6.07, 6.45) is -0.839. The van der Waals surface area contributed by atoms with E-state index in [0.717, 1.165) is 5.56 Å². The van der Waals surface area contributed by atoms with Crippen molar-refractivity contribution in [3.8, 4) is 11.3 Å². The summed E-state index contributed by atoms with van der Waals surface area (Å²) in [5.74, 6) is -0.244. The number of hydrogen-bond donors (Lipinski definition) is 2. The highest BCUT2D eigenvalue weighted by Crippen LogP contribution is 2.28. The second kappa shape index (κ2) is 4.12. The van der Waals surface area contributed by atoms with Crippen LogP contribution in [0.5, 0.6) is 0 Å². The molecule has 0 aliphatic carbocycles. The number of nitrogens with zero attached hydrogens (tertiary/aromatic N) is 2. The minimum absolute atomic E-state index is 0.162. The van der Waals surface area contributed by atoms with Crippen molar-refractivity contribution in [3.05, 3.63) is 41.0 Å². The quantitative estimate of drug-likeness (QED) is 0.818. The largest absolute Gasteiger partial charge is 0.370 e. The van der Waals surface area contributed by atoms with Crippen LogP contribution in [0.2, 0.25) is 5.02 Å². The Kier molecular flexibility index (Phi) is 2.57. The SMILES string of the molecule is O=C1NCC(O)n2nc(-c3ccccc3Cl)cc21. The fraction of sp³-hybridized carbons (Fsp3) is 0.167. The Morgan fingerprint density at radius 2 is 2.22 bits per heavy atom. The number of β-amino-alcohol motifs (C(OH)–C–C–N with tert-alkyl or cyclic N) is 1. The number of benzene rings is 1. The molecule has 1 unspecified atom stereocenters. The predicted octanol–water partition coefficient (Wildman–Crippen LogP) is 1.44. The number of carbonyl (C=O) groups is 1. The first-order chi connectivity index (χ1) is 8.66. The summed E-state index contributed by atoms with van der Waals surface area (Å²) >= 11 is 6.08.